The number of pyridine rings is 1. The van der Waals surface area contributed by atoms with Gasteiger partial charge in [-0.15, -0.1) is 0 Å². The van der Waals surface area contributed by atoms with E-state index in [-0.39, 0.29) is 17.9 Å². The minimum absolute atomic E-state index is 0.119. The highest BCUT2D eigenvalue weighted by Gasteiger charge is 2.31. The van der Waals surface area contributed by atoms with Gasteiger partial charge >= 0.3 is 6.09 Å². The zero-order valence-electron chi connectivity index (χ0n) is 21.5. The third-order valence-corrected chi connectivity index (χ3v) is 7.16. The average Bonchev–Trinajstić information content (AvgIpc) is 2.90. The Hall–Kier alpha value is -3.20. The molecule has 0 spiro atoms. The van der Waals surface area contributed by atoms with E-state index in [0.29, 0.717) is 42.3 Å². The van der Waals surface area contributed by atoms with E-state index in [1.165, 1.54) is 4.90 Å². The van der Waals surface area contributed by atoms with E-state index < -0.39 is 12.3 Å². The van der Waals surface area contributed by atoms with Crippen LogP contribution in [0.3, 0.4) is 0 Å². The number of hydrogen-bond donors (Lipinski definition) is 2. The number of aromatic nitrogens is 1. The predicted octanol–water partition coefficient (Wildman–Crippen LogP) is 4.38. The first kappa shape index (κ1) is 26.9. The van der Waals surface area contributed by atoms with E-state index in [1.807, 2.05) is 31.2 Å². The highest BCUT2D eigenvalue weighted by molar-refractivity contribution is 6.35. The van der Waals surface area contributed by atoms with Gasteiger partial charge in [0.1, 0.15) is 6.17 Å². The van der Waals surface area contributed by atoms with Crippen molar-refractivity contribution in [3.05, 3.63) is 64.7 Å². The Morgan fingerprint density at radius 3 is 2.51 bits per heavy atom. The fourth-order valence-electron chi connectivity index (χ4n) is 4.35. The Labute approximate surface area is 222 Å². The second-order valence-corrected chi connectivity index (χ2v) is 10.4. The molecule has 0 saturated carbocycles. The number of carbonyl (C=O) groups excluding carboxylic acids is 2. The molecule has 9 heteroatoms. The number of piperazine rings is 1. The number of nitrogens with two attached hydrogens (primary N) is 2. The van der Waals surface area contributed by atoms with Gasteiger partial charge in [0, 0.05) is 41.6 Å². The van der Waals surface area contributed by atoms with Crippen molar-refractivity contribution in [2.75, 3.05) is 32.8 Å². The number of benzene rings is 2. The first-order valence-electron chi connectivity index (χ1n) is 12.5. The molecule has 0 aliphatic carbocycles. The van der Waals surface area contributed by atoms with Crippen LogP contribution in [-0.4, -0.2) is 65.7 Å². The summed E-state index contributed by atoms with van der Waals surface area (Å²) < 4.78 is 5.19. The van der Waals surface area contributed by atoms with Crippen LogP contribution in [0.2, 0.25) is 5.02 Å². The number of carbonyl (C=O) groups is 2. The molecule has 1 atom stereocenters. The standard InChI is InChI=1S/C28H34ClN5O3/c1-4-13-37-27(36)34-12-11-33(16-25(34)31)26(35)19-7-10-21-22(29)15-23(32-24(21)14-19)18-5-8-20(9-6-18)28(2,3)17-30/h5-10,14-15,25H,4,11-13,16-17,30-31H2,1-3H3/t25-/m0/s1. The van der Waals surface area contributed by atoms with E-state index in [9.17, 15) is 9.59 Å². The SMILES string of the molecule is CCCOC(=O)N1CCN(C(=O)c2ccc3c(Cl)cc(-c4ccc(C(C)(C)CN)cc4)nc3c2)C[C@H]1N. The Morgan fingerprint density at radius 1 is 1.14 bits per heavy atom. The van der Waals surface area contributed by atoms with Crippen molar-refractivity contribution in [2.45, 2.75) is 38.8 Å². The summed E-state index contributed by atoms with van der Waals surface area (Å²) in [6.07, 6.45) is -0.342. The number of amides is 2. The first-order valence-corrected chi connectivity index (χ1v) is 12.9. The molecule has 4 N–H and O–H groups in total. The van der Waals surface area contributed by atoms with Crippen LogP contribution in [0.5, 0.6) is 0 Å². The van der Waals surface area contributed by atoms with Crippen LogP contribution in [0.4, 0.5) is 4.79 Å². The van der Waals surface area contributed by atoms with Gasteiger partial charge in [-0.2, -0.15) is 0 Å². The van der Waals surface area contributed by atoms with E-state index in [1.54, 1.807) is 17.0 Å². The van der Waals surface area contributed by atoms with E-state index >= 15 is 0 Å². The van der Waals surface area contributed by atoms with Gasteiger partial charge in [-0.25, -0.2) is 9.78 Å². The lowest BCUT2D eigenvalue weighted by Gasteiger charge is -2.38. The van der Waals surface area contributed by atoms with Crippen LogP contribution < -0.4 is 11.5 Å². The van der Waals surface area contributed by atoms with Gasteiger partial charge in [-0.3, -0.25) is 9.69 Å². The molecule has 3 aromatic rings. The van der Waals surface area contributed by atoms with Crippen LogP contribution in [0.25, 0.3) is 22.2 Å². The second kappa shape index (κ2) is 11.0. The largest absolute Gasteiger partial charge is 0.449 e. The van der Waals surface area contributed by atoms with Crippen molar-refractivity contribution in [3.8, 4) is 11.3 Å². The number of rotatable bonds is 6. The molecule has 1 fully saturated rings. The summed E-state index contributed by atoms with van der Waals surface area (Å²) in [5.41, 5.74) is 15.9. The number of nitrogens with zero attached hydrogens (tertiary/aromatic N) is 3. The van der Waals surface area contributed by atoms with Crippen molar-refractivity contribution >= 4 is 34.5 Å². The third-order valence-electron chi connectivity index (χ3n) is 6.85. The van der Waals surface area contributed by atoms with Gasteiger partial charge in [0.2, 0.25) is 0 Å². The van der Waals surface area contributed by atoms with Crippen LogP contribution in [0, 0.1) is 0 Å². The number of halogens is 1. The summed E-state index contributed by atoms with van der Waals surface area (Å²) >= 11 is 6.60. The second-order valence-electron chi connectivity index (χ2n) is 10.0. The fraction of sp³-hybridized carbons (Fsp3) is 0.393. The Morgan fingerprint density at radius 2 is 1.86 bits per heavy atom. The van der Waals surface area contributed by atoms with Gasteiger partial charge in [0.15, 0.2) is 0 Å². The first-order chi connectivity index (χ1) is 17.6. The average molecular weight is 524 g/mol. The molecular formula is C28H34ClN5O3. The molecule has 1 aliphatic heterocycles. The maximum Gasteiger partial charge on any atom is 0.411 e. The van der Waals surface area contributed by atoms with Crippen molar-refractivity contribution in [1.29, 1.82) is 0 Å². The van der Waals surface area contributed by atoms with Gasteiger partial charge in [-0.1, -0.05) is 62.7 Å². The molecule has 2 aromatic carbocycles. The Balaban J connectivity index is 1.55. The summed E-state index contributed by atoms with van der Waals surface area (Å²) in [6, 6.07) is 15.3. The highest BCUT2D eigenvalue weighted by Crippen LogP contribution is 2.31. The van der Waals surface area contributed by atoms with Gasteiger partial charge in [0.25, 0.3) is 5.91 Å². The van der Waals surface area contributed by atoms with E-state index in [2.05, 4.69) is 26.0 Å². The molecule has 4 rings (SSSR count). The maximum atomic E-state index is 13.3. The van der Waals surface area contributed by atoms with Crippen molar-refractivity contribution in [2.24, 2.45) is 11.5 Å². The lowest BCUT2D eigenvalue weighted by atomic mass is 9.84. The smallest absolute Gasteiger partial charge is 0.411 e. The summed E-state index contributed by atoms with van der Waals surface area (Å²) in [4.78, 5) is 33.4. The van der Waals surface area contributed by atoms with E-state index in [0.717, 1.165) is 28.6 Å². The Kier molecular flexibility index (Phi) is 8.02. The topological polar surface area (TPSA) is 115 Å². The fourth-order valence-corrected chi connectivity index (χ4v) is 4.62. The summed E-state index contributed by atoms with van der Waals surface area (Å²) in [6.45, 7) is 7.93. The maximum absolute atomic E-state index is 13.3. The number of ether oxygens (including phenoxy) is 1. The molecule has 0 bridgehead atoms. The molecule has 0 unspecified atom stereocenters. The lowest BCUT2D eigenvalue weighted by Crippen LogP contribution is -2.60. The van der Waals surface area contributed by atoms with Crippen LogP contribution in [-0.2, 0) is 10.2 Å². The molecule has 1 saturated heterocycles. The zero-order valence-corrected chi connectivity index (χ0v) is 22.3. The van der Waals surface area contributed by atoms with Crippen molar-refractivity contribution in [1.82, 2.24) is 14.8 Å². The molecule has 2 heterocycles. The summed E-state index contributed by atoms with van der Waals surface area (Å²) in [5, 5.41) is 1.33. The summed E-state index contributed by atoms with van der Waals surface area (Å²) in [5.74, 6) is -0.171. The van der Waals surface area contributed by atoms with Crippen LogP contribution >= 0.6 is 11.6 Å². The van der Waals surface area contributed by atoms with Gasteiger partial charge < -0.3 is 21.1 Å². The molecule has 196 valence electrons. The molecule has 1 aromatic heterocycles. The molecule has 2 amide bonds. The van der Waals surface area contributed by atoms with Crippen LogP contribution in [0.1, 0.15) is 43.1 Å². The lowest BCUT2D eigenvalue weighted by molar-refractivity contribution is 0.0390. The normalized spacial score (nSPS) is 16.2. The van der Waals surface area contributed by atoms with E-state index in [4.69, 9.17) is 32.8 Å². The molecule has 37 heavy (non-hydrogen) atoms. The van der Waals surface area contributed by atoms with Gasteiger partial charge in [-0.05, 0) is 30.2 Å². The zero-order chi connectivity index (χ0) is 26.7. The molecule has 1 aliphatic rings. The third kappa shape index (κ3) is 5.71. The van der Waals surface area contributed by atoms with Gasteiger partial charge in [0.05, 0.1) is 29.4 Å². The minimum Gasteiger partial charge on any atom is -0.449 e. The highest BCUT2D eigenvalue weighted by atomic mass is 35.5. The molecular weight excluding hydrogens is 490 g/mol. The Bertz CT molecular complexity index is 1290. The number of hydrogen-bond acceptors (Lipinski definition) is 6. The predicted molar refractivity (Wildman–Crippen MR) is 146 cm³/mol. The van der Waals surface area contributed by atoms with Crippen LogP contribution in [0.15, 0.2) is 48.5 Å². The number of fused-ring (bicyclic) bond motifs is 1. The summed E-state index contributed by atoms with van der Waals surface area (Å²) in [7, 11) is 0. The molecule has 0 radical (unpaired) electrons. The van der Waals surface area contributed by atoms with Crippen molar-refractivity contribution in [3.63, 3.8) is 0 Å². The van der Waals surface area contributed by atoms with Crippen molar-refractivity contribution < 1.29 is 14.3 Å². The quantitative estimate of drug-likeness (QED) is 0.495. The minimum atomic E-state index is -0.631. The molecule has 8 nitrogen and oxygen atoms in total. The monoisotopic (exact) mass is 523 g/mol.